The first kappa shape index (κ1) is 13.4. The van der Waals surface area contributed by atoms with Gasteiger partial charge < -0.3 is 0 Å². The highest BCUT2D eigenvalue weighted by Crippen LogP contribution is 2.18. The van der Waals surface area contributed by atoms with Crippen molar-refractivity contribution in [3.05, 3.63) is 47.9 Å². The largest absolute Gasteiger partial charge is 0.278 e. The second kappa shape index (κ2) is 4.94. The highest BCUT2D eigenvalue weighted by Gasteiger charge is 2.23. The van der Waals surface area contributed by atoms with Crippen LogP contribution in [0.5, 0.6) is 0 Å². The molecule has 1 aromatic carbocycles. The lowest BCUT2D eigenvalue weighted by molar-refractivity contribution is 0.591. The maximum absolute atomic E-state index is 12.3. The Bertz CT molecular complexity index is 666. The molecule has 2 N–H and O–H groups in total. The van der Waals surface area contributed by atoms with E-state index < -0.39 is 10.0 Å². The maximum Gasteiger partial charge on any atom is 0.278 e. The zero-order chi connectivity index (χ0) is 14.0. The van der Waals surface area contributed by atoms with Gasteiger partial charge in [0.05, 0.1) is 4.90 Å². The number of sulfonamides is 1. The molecule has 0 aliphatic rings. The molecular formula is C12H14N4O2S. The topological polar surface area (TPSA) is 89.2 Å². The summed E-state index contributed by atoms with van der Waals surface area (Å²) in [6.07, 6.45) is 0. The van der Waals surface area contributed by atoms with E-state index >= 15 is 0 Å². The van der Waals surface area contributed by atoms with E-state index in [1.54, 1.807) is 32.0 Å². The third-order valence-corrected chi connectivity index (χ3v) is 4.05. The fourth-order valence-electron chi connectivity index (χ4n) is 1.64. The molecule has 0 aliphatic heterocycles. The van der Waals surface area contributed by atoms with Gasteiger partial charge in [0, 0.05) is 11.8 Å². The normalized spacial score (nSPS) is 11.3. The van der Waals surface area contributed by atoms with Gasteiger partial charge in [0.2, 0.25) is 0 Å². The molecule has 0 saturated heterocycles. The smallest absolute Gasteiger partial charge is 0.238 e. The molecule has 1 heterocycles. The van der Waals surface area contributed by atoms with E-state index in [9.17, 15) is 8.42 Å². The molecule has 0 fully saturated rings. The van der Waals surface area contributed by atoms with E-state index in [1.165, 1.54) is 18.2 Å². The predicted molar refractivity (Wildman–Crippen MR) is 71.8 cm³/mol. The number of hydrazine groups is 1. The Balaban J connectivity index is 2.46. The average molecular weight is 278 g/mol. The van der Waals surface area contributed by atoms with Gasteiger partial charge in [-0.05, 0) is 26.0 Å². The Kier molecular flexibility index (Phi) is 3.50. The van der Waals surface area contributed by atoms with Gasteiger partial charge in [-0.25, -0.2) is 15.8 Å². The monoisotopic (exact) mass is 278 g/mol. The number of rotatable bonds is 3. The quantitative estimate of drug-likeness (QED) is 0.672. The van der Waals surface area contributed by atoms with Gasteiger partial charge in [-0.2, -0.15) is 12.8 Å². The number of aromatic nitrogens is 2. The highest BCUT2D eigenvalue weighted by atomic mass is 32.2. The van der Waals surface area contributed by atoms with Gasteiger partial charge in [-0.15, -0.1) is 0 Å². The molecule has 6 nitrogen and oxygen atoms in total. The molecule has 100 valence electrons. The third kappa shape index (κ3) is 2.72. The molecule has 19 heavy (non-hydrogen) atoms. The fourth-order valence-corrected chi connectivity index (χ4v) is 2.71. The minimum Gasteiger partial charge on any atom is -0.238 e. The second-order valence-electron chi connectivity index (χ2n) is 4.03. The Labute approximate surface area is 111 Å². The van der Waals surface area contributed by atoms with Crippen molar-refractivity contribution in [1.29, 1.82) is 0 Å². The summed E-state index contributed by atoms with van der Waals surface area (Å²) >= 11 is 0. The number of hydrogen-bond acceptors (Lipinski definition) is 5. The first-order valence-corrected chi connectivity index (χ1v) is 7.02. The van der Waals surface area contributed by atoms with Crippen molar-refractivity contribution < 1.29 is 8.42 Å². The molecular weight excluding hydrogens is 264 g/mol. The summed E-state index contributed by atoms with van der Waals surface area (Å²) in [5.41, 5.74) is 0.654. The molecule has 2 aromatic rings. The van der Waals surface area contributed by atoms with Crippen LogP contribution >= 0.6 is 0 Å². The Morgan fingerprint density at radius 3 is 2.32 bits per heavy atom. The van der Waals surface area contributed by atoms with Crippen LogP contribution in [0.1, 0.15) is 11.5 Å². The van der Waals surface area contributed by atoms with Crippen LogP contribution < -0.4 is 10.3 Å². The van der Waals surface area contributed by atoms with Crippen molar-refractivity contribution in [2.24, 2.45) is 5.84 Å². The summed E-state index contributed by atoms with van der Waals surface area (Å²) in [5.74, 6) is 6.31. The van der Waals surface area contributed by atoms with Gasteiger partial charge in [0.25, 0.3) is 10.0 Å². The van der Waals surface area contributed by atoms with Crippen LogP contribution in [0.25, 0.3) is 0 Å². The average Bonchev–Trinajstić information content (AvgIpc) is 2.37. The van der Waals surface area contributed by atoms with Crippen molar-refractivity contribution in [3.63, 3.8) is 0 Å². The molecule has 0 atom stereocenters. The van der Waals surface area contributed by atoms with Gasteiger partial charge in [-0.1, -0.05) is 18.2 Å². The molecule has 0 spiro atoms. The number of nitrogens with two attached hydrogens (primary N) is 1. The van der Waals surface area contributed by atoms with E-state index in [1.807, 2.05) is 0 Å². The lowest BCUT2D eigenvalue weighted by Crippen LogP contribution is -2.38. The standard InChI is InChI=1S/C12H14N4O2S/c1-9-8-12(15-10(2)14-9)16(13)19(17,18)11-6-4-3-5-7-11/h3-8H,13H2,1-2H3. The zero-order valence-corrected chi connectivity index (χ0v) is 11.4. The van der Waals surface area contributed by atoms with Crippen molar-refractivity contribution in [2.75, 3.05) is 4.41 Å². The van der Waals surface area contributed by atoms with Crippen LogP contribution in [0, 0.1) is 13.8 Å². The van der Waals surface area contributed by atoms with Gasteiger partial charge in [0.1, 0.15) is 5.82 Å². The summed E-state index contributed by atoms with van der Waals surface area (Å²) in [6.45, 7) is 3.43. The molecule has 0 unspecified atom stereocenters. The van der Waals surface area contributed by atoms with Crippen LogP contribution in [-0.2, 0) is 10.0 Å². The van der Waals surface area contributed by atoms with E-state index in [0.29, 0.717) is 15.9 Å². The molecule has 0 bridgehead atoms. The first-order chi connectivity index (χ1) is 8.91. The fraction of sp³-hybridized carbons (Fsp3) is 0.167. The predicted octanol–water partition coefficient (Wildman–Crippen LogP) is 1.16. The SMILES string of the molecule is Cc1cc(N(N)S(=O)(=O)c2ccccc2)nc(C)n1. The summed E-state index contributed by atoms with van der Waals surface area (Å²) in [5, 5.41) is 0. The summed E-state index contributed by atoms with van der Waals surface area (Å²) in [6, 6.07) is 9.49. The maximum atomic E-state index is 12.3. The summed E-state index contributed by atoms with van der Waals surface area (Å²) < 4.78 is 25.3. The van der Waals surface area contributed by atoms with E-state index in [0.717, 1.165) is 0 Å². The van der Waals surface area contributed by atoms with E-state index in [4.69, 9.17) is 5.84 Å². The molecule has 2 rings (SSSR count). The van der Waals surface area contributed by atoms with Gasteiger partial charge in [0.15, 0.2) is 5.82 Å². The number of hydrogen-bond donors (Lipinski definition) is 1. The van der Waals surface area contributed by atoms with Crippen molar-refractivity contribution in [2.45, 2.75) is 18.7 Å². The van der Waals surface area contributed by atoms with Crippen molar-refractivity contribution >= 4 is 15.8 Å². The number of benzene rings is 1. The molecule has 1 aromatic heterocycles. The van der Waals surface area contributed by atoms with Crippen LogP contribution in [0.2, 0.25) is 0 Å². The Hall–Kier alpha value is -1.99. The molecule has 0 radical (unpaired) electrons. The van der Waals surface area contributed by atoms with E-state index in [2.05, 4.69) is 9.97 Å². The summed E-state index contributed by atoms with van der Waals surface area (Å²) in [4.78, 5) is 8.24. The molecule has 7 heteroatoms. The molecule has 0 amide bonds. The number of nitrogens with zero attached hydrogens (tertiary/aromatic N) is 3. The lowest BCUT2D eigenvalue weighted by atomic mass is 10.4. The third-order valence-electron chi connectivity index (χ3n) is 2.48. The zero-order valence-electron chi connectivity index (χ0n) is 10.6. The lowest BCUT2D eigenvalue weighted by Gasteiger charge is -2.18. The number of anilines is 1. The van der Waals surface area contributed by atoms with Crippen LogP contribution in [0.4, 0.5) is 5.82 Å². The molecule has 0 aliphatic carbocycles. The van der Waals surface area contributed by atoms with Crippen LogP contribution in [-0.4, -0.2) is 18.4 Å². The minimum atomic E-state index is -3.80. The first-order valence-electron chi connectivity index (χ1n) is 5.58. The van der Waals surface area contributed by atoms with Crippen molar-refractivity contribution in [3.8, 4) is 0 Å². The van der Waals surface area contributed by atoms with Gasteiger partial charge in [-0.3, -0.25) is 0 Å². The van der Waals surface area contributed by atoms with Crippen molar-refractivity contribution in [1.82, 2.24) is 9.97 Å². The summed E-state index contributed by atoms with van der Waals surface area (Å²) in [7, 11) is -3.80. The molecule has 0 saturated carbocycles. The minimum absolute atomic E-state index is 0.117. The number of aryl methyl sites for hydroxylation is 2. The van der Waals surface area contributed by atoms with Gasteiger partial charge >= 0.3 is 0 Å². The van der Waals surface area contributed by atoms with Crippen LogP contribution in [0.3, 0.4) is 0 Å². The Morgan fingerprint density at radius 1 is 1.11 bits per heavy atom. The highest BCUT2D eigenvalue weighted by molar-refractivity contribution is 7.92. The van der Waals surface area contributed by atoms with E-state index in [-0.39, 0.29) is 10.7 Å². The Morgan fingerprint density at radius 2 is 1.74 bits per heavy atom. The second-order valence-corrected chi connectivity index (χ2v) is 5.84. The van der Waals surface area contributed by atoms with Crippen LogP contribution in [0.15, 0.2) is 41.3 Å².